The van der Waals surface area contributed by atoms with Gasteiger partial charge in [-0.3, -0.25) is 48.1 Å². The lowest BCUT2D eigenvalue weighted by atomic mass is 9.98. The minimum absolute atomic E-state index is 0.0437. The number of benzene rings is 2. The van der Waals surface area contributed by atoms with E-state index >= 15 is 0 Å². The Balaban J connectivity index is 1.22. The van der Waals surface area contributed by atoms with Crippen molar-refractivity contribution in [1.82, 2.24) is 57.1 Å². The standard InChI is InChI=1S/C53H74N12O10S/c1-31(2)22-36(20-21-65-30-76-28-53(65,6)52(74)75)60-50(72)42(24-37-26-55-29-58-37)62-45(68)27-57-51(73)46(32(3)4)64-47(69)33(5)59-49(71)41(23-35-25-56-39-15-11-10-14-38(35)39)63-48(70)40(17-18-43(54)66)61-44(67)19-16-34-12-8-7-9-13-34/h7-15,25-26,29,31-33,36,40-42,46,56H,16-24,27-28,30H2,1-6H3,(H2,54,66)(H,55,58)(H,57,73)(H,59,71)(H,60,72)(H,61,67)(H,62,68)(H,63,70)(H,64,69)(H,74,75)/t33-,36+,40-,41-,42-,46-,53+/m0/s1. The number of carboxylic acid groups (broad SMARTS) is 1. The number of aryl methyl sites for hydroxylation is 1. The van der Waals surface area contributed by atoms with E-state index in [1.165, 1.54) is 31.2 Å². The summed E-state index contributed by atoms with van der Waals surface area (Å²) in [5.41, 5.74) is 7.32. The van der Waals surface area contributed by atoms with E-state index in [-0.39, 0.29) is 44.1 Å². The summed E-state index contributed by atoms with van der Waals surface area (Å²) in [6.07, 6.45) is 5.80. The number of carboxylic acids is 1. The number of aromatic amines is 2. The van der Waals surface area contributed by atoms with Crippen molar-refractivity contribution < 1.29 is 48.3 Å². The number of nitrogens with one attached hydrogen (secondary N) is 9. The lowest BCUT2D eigenvalue weighted by Crippen LogP contribution is -2.59. The van der Waals surface area contributed by atoms with Crippen LogP contribution in [0.3, 0.4) is 0 Å². The zero-order chi connectivity index (χ0) is 55.5. The summed E-state index contributed by atoms with van der Waals surface area (Å²) in [5, 5.41) is 29.8. The number of primary amides is 1. The van der Waals surface area contributed by atoms with E-state index in [1.54, 1.807) is 27.0 Å². The van der Waals surface area contributed by atoms with Gasteiger partial charge in [0, 0.05) is 78.9 Å². The zero-order valence-electron chi connectivity index (χ0n) is 44.0. The summed E-state index contributed by atoms with van der Waals surface area (Å²) >= 11 is 1.54. The monoisotopic (exact) mass is 1070 g/mol. The molecule has 23 heteroatoms. The van der Waals surface area contributed by atoms with Gasteiger partial charge >= 0.3 is 5.97 Å². The van der Waals surface area contributed by atoms with E-state index in [0.717, 1.165) is 16.5 Å². The number of nitrogens with two attached hydrogens (primary N) is 1. The summed E-state index contributed by atoms with van der Waals surface area (Å²) in [7, 11) is 0. The minimum atomic E-state index is -1.30. The molecular formula is C53H74N12O10S. The summed E-state index contributed by atoms with van der Waals surface area (Å²) in [5.74, 6) is -5.54. The van der Waals surface area contributed by atoms with Crippen molar-refractivity contribution in [1.29, 1.82) is 0 Å². The van der Waals surface area contributed by atoms with E-state index in [9.17, 15) is 48.3 Å². The predicted octanol–water partition coefficient (Wildman–Crippen LogP) is 1.56. The van der Waals surface area contributed by atoms with Gasteiger partial charge in [0.25, 0.3) is 0 Å². The number of nitrogens with zero attached hydrogens (tertiary/aromatic N) is 2. The van der Waals surface area contributed by atoms with Crippen LogP contribution in [-0.2, 0) is 62.4 Å². The van der Waals surface area contributed by atoms with Crippen molar-refractivity contribution in [3.63, 3.8) is 0 Å². The minimum Gasteiger partial charge on any atom is -0.480 e. The molecule has 0 saturated carbocycles. The zero-order valence-corrected chi connectivity index (χ0v) is 44.9. The maximum absolute atomic E-state index is 14.2. The molecule has 4 aromatic rings. The van der Waals surface area contributed by atoms with Gasteiger partial charge < -0.3 is 58.0 Å². The SMILES string of the molecule is CC(C)C[C@@H](CCN1CSC[C@]1(C)C(=O)O)NC(=O)[C@H](Cc1cnc[nH]1)NC(=O)CNC(=O)[C@@H](NC(=O)[C@H](C)NC(=O)[C@H](Cc1c[nH]c2ccccc12)NC(=O)[C@H](CCC(N)=O)NC(=O)CCc1ccccc1)C(C)C. The van der Waals surface area contributed by atoms with Crippen molar-refractivity contribution >= 4 is 75.9 Å². The third-order valence-electron chi connectivity index (χ3n) is 13.2. The number of hydrogen-bond donors (Lipinski definition) is 11. The summed E-state index contributed by atoms with van der Waals surface area (Å²) in [4.78, 5) is 132. The van der Waals surface area contributed by atoms with Crippen molar-refractivity contribution in [2.45, 2.75) is 135 Å². The second kappa shape index (κ2) is 28.6. The number of aliphatic carboxylic acids is 1. The second-order valence-corrected chi connectivity index (χ2v) is 21.2. The predicted molar refractivity (Wildman–Crippen MR) is 287 cm³/mol. The van der Waals surface area contributed by atoms with E-state index in [1.807, 2.05) is 73.3 Å². The van der Waals surface area contributed by atoms with Crippen molar-refractivity contribution in [2.24, 2.45) is 17.6 Å². The fraction of sp³-hybridized carbons (Fsp3) is 0.509. The van der Waals surface area contributed by atoms with Gasteiger partial charge in [-0.05, 0) is 68.6 Å². The molecule has 0 bridgehead atoms. The first-order valence-electron chi connectivity index (χ1n) is 25.6. The first-order valence-corrected chi connectivity index (χ1v) is 26.8. The van der Waals surface area contributed by atoms with Crippen LogP contribution in [0.2, 0.25) is 0 Å². The molecule has 12 N–H and O–H groups in total. The number of hydrogen-bond acceptors (Lipinski definition) is 12. The van der Waals surface area contributed by atoms with Gasteiger partial charge in [-0.25, -0.2) is 4.98 Å². The second-order valence-electron chi connectivity index (χ2n) is 20.3. The number of fused-ring (bicyclic) bond motifs is 1. The summed E-state index contributed by atoms with van der Waals surface area (Å²) < 4.78 is 0. The van der Waals surface area contributed by atoms with Crippen LogP contribution >= 0.6 is 11.8 Å². The van der Waals surface area contributed by atoms with Crippen LogP contribution in [0.25, 0.3) is 10.9 Å². The maximum atomic E-state index is 14.2. The molecule has 0 spiro atoms. The molecule has 1 aliphatic heterocycles. The first kappa shape index (κ1) is 59.6. The van der Waals surface area contributed by atoms with Gasteiger partial charge in [-0.1, -0.05) is 76.2 Å². The Morgan fingerprint density at radius 2 is 1.42 bits per heavy atom. The van der Waals surface area contributed by atoms with Crippen LogP contribution in [0, 0.1) is 11.8 Å². The largest absolute Gasteiger partial charge is 0.480 e. The van der Waals surface area contributed by atoms with Crippen molar-refractivity contribution in [2.75, 3.05) is 24.7 Å². The van der Waals surface area contributed by atoms with E-state index in [2.05, 4.69) is 52.2 Å². The van der Waals surface area contributed by atoms with Crippen LogP contribution in [0.4, 0.5) is 0 Å². The molecule has 76 heavy (non-hydrogen) atoms. The molecule has 0 unspecified atom stereocenters. The highest BCUT2D eigenvalue weighted by Crippen LogP contribution is 2.31. The fourth-order valence-electron chi connectivity index (χ4n) is 8.80. The molecule has 22 nitrogen and oxygen atoms in total. The van der Waals surface area contributed by atoms with Crippen LogP contribution in [0.5, 0.6) is 0 Å². The van der Waals surface area contributed by atoms with Crippen LogP contribution < -0.4 is 43.0 Å². The van der Waals surface area contributed by atoms with E-state index in [0.29, 0.717) is 48.7 Å². The quantitative estimate of drug-likeness (QED) is 0.0354. The van der Waals surface area contributed by atoms with E-state index < -0.39 is 101 Å². The Kier molecular flexibility index (Phi) is 22.4. The van der Waals surface area contributed by atoms with Crippen LogP contribution in [0.1, 0.15) is 90.5 Å². The molecule has 2 aromatic heterocycles. The number of para-hydroxylation sites is 1. The Hall–Kier alpha value is -7.27. The Bertz CT molecular complexity index is 2630. The highest BCUT2D eigenvalue weighted by atomic mass is 32.2. The number of carbonyl (C=O) groups is 9. The lowest BCUT2D eigenvalue weighted by Gasteiger charge is -2.32. The number of aromatic nitrogens is 3. The first-order chi connectivity index (χ1) is 36.1. The molecule has 2 aromatic carbocycles. The van der Waals surface area contributed by atoms with Gasteiger partial charge in [0.05, 0.1) is 12.9 Å². The van der Waals surface area contributed by atoms with Gasteiger partial charge in [-0.2, -0.15) is 0 Å². The van der Waals surface area contributed by atoms with E-state index in [4.69, 9.17) is 5.73 Å². The maximum Gasteiger partial charge on any atom is 0.324 e. The molecule has 412 valence electrons. The Morgan fingerprint density at radius 1 is 0.750 bits per heavy atom. The number of rotatable bonds is 30. The molecule has 5 rings (SSSR count). The molecule has 7 atom stereocenters. The number of amides is 8. The topological polar surface area (TPSA) is 332 Å². The van der Waals surface area contributed by atoms with Gasteiger partial charge in [0.1, 0.15) is 35.7 Å². The highest BCUT2D eigenvalue weighted by molar-refractivity contribution is 7.99. The van der Waals surface area contributed by atoms with Crippen molar-refractivity contribution in [3.05, 3.63) is 90.1 Å². The fourth-order valence-corrected chi connectivity index (χ4v) is 10.2. The summed E-state index contributed by atoms with van der Waals surface area (Å²) in [6, 6.07) is 10.2. The highest BCUT2D eigenvalue weighted by Gasteiger charge is 2.44. The molecule has 8 amide bonds. The average Bonchev–Trinajstić information content (AvgIpc) is 4.15. The molecule has 1 fully saturated rings. The normalized spacial score (nSPS) is 16.9. The summed E-state index contributed by atoms with van der Waals surface area (Å²) in [6.45, 7) is 10.4. The molecule has 0 aliphatic carbocycles. The molecule has 1 aliphatic rings. The van der Waals surface area contributed by atoms with Gasteiger partial charge in [0.2, 0.25) is 47.3 Å². The molecule has 3 heterocycles. The Labute approximate surface area is 446 Å². The third kappa shape index (κ3) is 18.0. The van der Waals surface area contributed by atoms with Crippen molar-refractivity contribution in [3.8, 4) is 0 Å². The number of thioether (sulfide) groups is 1. The third-order valence-corrected chi connectivity index (χ3v) is 14.5. The lowest BCUT2D eigenvalue weighted by molar-refractivity contribution is -0.148. The number of H-pyrrole nitrogens is 2. The molecule has 1 saturated heterocycles. The number of carbonyl (C=O) groups excluding carboxylic acids is 8. The average molecular weight is 1070 g/mol. The smallest absolute Gasteiger partial charge is 0.324 e. The van der Waals surface area contributed by atoms with Gasteiger partial charge in [-0.15, -0.1) is 11.8 Å². The van der Waals surface area contributed by atoms with Crippen LogP contribution in [-0.4, -0.2) is 145 Å². The van der Waals surface area contributed by atoms with Gasteiger partial charge in [0.15, 0.2) is 0 Å². The molecule has 0 radical (unpaired) electrons. The number of imidazole rings is 1. The van der Waals surface area contributed by atoms with Crippen LogP contribution in [0.15, 0.2) is 73.3 Å². The Morgan fingerprint density at radius 3 is 2.09 bits per heavy atom. The molecular weight excluding hydrogens is 997 g/mol.